The lowest BCUT2D eigenvalue weighted by Crippen LogP contribution is -2.26. The first-order chi connectivity index (χ1) is 11.5. The molecule has 0 saturated heterocycles. The van der Waals surface area contributed by atoms with Crippen LogP contribution in [0, 0.1) is 0 Å². The van der Waals surface area contributed by atoms with Gasteiger partial charge in [0.05, 0.1) is 4.88 Å². The third kappa shape index (κ3) is 3.46. The predicted octanol–water partition coefficient (Wildman–Crippen LogP) is 3.36. The number of amides is 1. The average molecular weight is 342 g/mol. The Bertz CT molecular complexity index is 810. The topological polar surface area (TPSA) is 71.3 Å². The van der Waals surface area contributed by atoms with E-state index < -0.39 is 0 Å². The summed E-state index contributed by atoms with van der Waals surface area (Å²) in [5.41, 5.74) is 1.96. The lowest BCUT2D eigenvalue weighted by atomic mass is 10.2. The molecular formula is C17H18N4O2S. The Morgan fingerprint density at radius 3 is 2.62 bits per heavy atom. The summed E-state index contributed by atoms with van der Waals surface area (Å²) in [6.07, 6.45) is 0. The van der Waals surface area contributed by atoms with Crippen molar-refractivity contribution < 1.29 is 9.32 Å². The Labute approximate surface area is 144 Å². The monoisotopic (exact) mass is 342 g/mol. The number of hydrogen-bond donors (Lipinski definition) is 1. The lowest BCUT2D eigenvalue weighted by Gasteiger charge is -2.11. The lowest BCUT2D eigenvalue weighted by molar-refractivity contribution is 0.0936. The zero-order chi connectivity index (χ0) is 17.1. The summed E-state index contributed by atoms with van der Waals surface area (Å²) < 4.78 is 5.29. The minimum Gasteiger partial charge on any atom is -0.378 e. The summed E-state index contributed by atoms with van der Waals surface area (Å²) in [5, 5.41) is 8.72. The molecular weight excluding hydrogens is 324 g/mol. The van der Waals surface area contributed by atoms with Crippen LogP contribution in [-0.2, 0) is 0 Å². The molecule has 0 spiro atoms. The van der Waals surface area contributed by atoms with Gasteiger partial charge in [0.15, 0.2) is 0 Å². The second-order valence-corrected chi connectivity index (χ2v) is 6.52. The van der Waals surface area contributed by atoms with E-state index in [0.29, 0.717) is 16.6 Å². The molecule has 0 saturated carbocycles. The van der Waals surface area contributed by atoms with Crippen LogP contribution in [0.15, 0.2) is 46.3 Å². The molecule has 1 amide bonds. The zero-order valence-electron chi connectivity index (χ0n) is 13.7. The first-order valence-corrected chi connectivity index (χ1v) is 8.38. The fraction of sp³-hybridized carbons (Fsp3) is 0.235. The van der Waals surface area contributed by atoms with Crippen LogP contribution >= 0.6 is 11.3 Å². The number of nitrogens with zero attached hydrogens (tertiary/aromatic N) is 3. The molecule has 6 nitrogen and oxygen atoms in total. The minimum absolute atomic E-state index is 0.146. The quantitative estimate of drug-likeness (QED) is 0.770. The van der Waals surface area contributed by atoms with Crippen LogP contribution < -0.4 is 10.2 Å². The molecule has 0 aliphatic carbocycles. The van der Waals surface area contributed by atoms with Crippen molar-refractivity contribution in [3.8, 4) is 11.4 Å². The zero-order valence-corrected chi connectivity index (χ0v) is 14.5. The molecule has 24 heavy (non-hydrogen) atoms. The molecule has 0 bridgehead atoms. The number of aromatic nitrogens is 2. The average Bonchev–Trinajstić information content (AvgIpc) is 3.26. The highest BCUT2D eigenvalue weighted by Gasteiger charge is 2.18. The van der Waals surface area contributed by atoms with E-state index in [0.717, 1.165) is 11.3 Å². The summed E-state index contributed by atoms with van der Waals surface area (Å²) in [5.74, 6) is 0.742. The molecule has 3 aromatic rings. The maximum atomic E-state index is 12.1. The fourth-order valence-electron chi connectivity index (χ4n) is 2.17. The minimum atomic E-state index is -0.359. The molecule has 1 atom stereocenters. The van der Waals surface area contributed by atoms with Crippen molar-refractivity contribution in [2.75, 3.05) is 19.0 Å². The number of carbonyl (C=O) groups excluding carboxylic acids is 1. The standard InChI is InChI=1S/C17H18N4O2S/c1-11(18-16(22)14-5-4-10-24-14)17-19-15(20-23-17)12-6-8-13(9-7-12)21(2)3/h4-11H,1-3H3,(H,18,22). The van der Waals surface area contributed by atoms with Gasteiger partial charge in [-0.15, -0.1) is 11.3 Å². The van der Waals surface area contributed by atoms with Gasteiger partial charge in [-0.3, -0.25) is 4.79 Å². The Balaban J connectivity index is 1.71. The Morgan fingerprint density at radius 2 is 2.00 bits per heavy atom. The molecule has 1 aromatic carbocycles. The molecule has 7 heteroatoms. The van der Waals surface area contributed by atoms with E-state index in [1.54, 1.807) is 6.07 Å². The van der Waals surface area contributed by atoms with Crippen molar-refractivity contribution in [2.24, 2.45) is 0 Å². The first kappa shape index (κ1) is 16.2. The van der Waals surface area contributed by atoms with Crippen LogP contribution in [0.25, 0.3) is 11.4 Å². The number of carbonyl (C=O) groups is 1. The van der Waals surface area contributed by atoms with Gasteiger partial charge in [0, 0.05) is 25.3 Å². The number of nitrogens with one attached hydrogen (secondary N) is 1. The summed E-state index contributed by atoms with van der Waals surface area (Å²) >= 11 is 1.39. The van der Waals surface area contributed by atoms with E-state index in [1.165, 1.54) is 11.3 Å². The fourth-order valence-corrected chi connectivity index (χ4v) is 2.80. The number of hydrogen-bond acceptors (Lipinski definition) is 6. The van der Waals surface area contributed by atoms with Gasteiger partial charge in [-0.2, -0.15) is 4.98 Å². The van der Waals surface area contributed by atoms with Gasteiger partial charge in [-0.05, 0) is 42.6 Å². The summed E-state index contributed by atoms with van der Waals surface area (Å²) in [7, 11) is 3.97. The van der Waals surface area contributed by atoms with Crippen LogP contribution in [0.3, 0.4) is 0 Å². The van der Waals surface area contributed by atoms with Gasteiger partial charge >= 0.3 is 0 Å². The summed E-state index contributed by atoms with van der Waals surface area (Å²) in [4.78, 5) is 19.1. The van der Waals surface area contributed by atoms with Crippen LogP contribution in [0.5, 0.6) is 0 Å². The highest BCUT2D eigenvalue weighted by molar-refractivity contribution is 7.12. The molecule has 2 heterocycles. The van der Waals surface area contributed by atoms with Gasteiger partial charge in [-0.1, -0.05) is 11.2 Å². The highest BCUT2D eigenvalue weighted by Crippen LogP contribution is 2.22. The SMILES string of the molecule is CC(NC(=O)c1cccs1)c1nc(-c2ccc(N(C)C)cc2)no1. The first-order valence-electron chi connectivity index (χ1n) is 7.50. The van der Waals surface area contributed by atoms with Crippen LogP contribution in [0.2, 0.25) is 0 Å². The van der Waals surface area contributed by atoms with Crippen LogP contribution in [0.4, 0.5) is 5.69 Å². The van der Waals surface area contributed by atoms with Gasteiger partial charge in [-0.25, -0.2) is 0 Å². The highest BCUT2D eigenvalue weighted by atomic mass is 32.1. The Morgan fingerprint density at radius 1 is 1.25 bits per heavy atom. The van der Waals surface area contributed by atoms with Gasteiger partial charge < -0.3 is 14.7 Å². The van der Waals surface area contributed by atoms with Crippen molar-refractivity contribution in [3.05, 3.63) is 52.5 Å². The van der Waals surface area contributed by atoms with Crippen molar-refractivity contribution >= 4 is 22.9 Å². The summed E-state index contributed by atoms with van der Waals surface area (Å²) in [6, 6.07) is 11.1. The van der Waals surface area contributed by atoms with E-state index in [4.69, 9.17) is 4.52 Å². The predicted molar refractivity (Wildman–Crippen MR) is 94.3 cm³/mol. The third-order valence-corrected chi connectivity index (χ3v) is 4.42. The number of thiophene rings is 1. The third-order valence-electron chi connectivity index (χ3n) is 3.55. The maximum absolute atomic E-state index is 12.1. The molecule has 0 fully saturated rings. The molecule has 124 valence electrons. The van der Waals surface area contributed by atoms with E-state index in [-0.39, 0.29) is 11.9 Å². The van der Waals surface area contributed by atoms with E-state index in [9.17, 15) is 4.79 Å². The molecule has 0 radical (unpaired) electrons. The normalized spacial score (nSPS) is 12.0. The Hall–Kier alpha value is -2.67. The number of benzene rings is 1. The van der Waals surface area contributed by atoms with Gasteiger partial charge in [0.25, 0.3) is 5.91 Å². The van der Waals surface area contributed by atoms with E-state index in [2.05, 4.69) is 15.5 Å². The van der Waals surface area contributed by atoms with E-state index >= 15 is 0 Å². The van der Waals surface area contributed by atoms with Gasteiger partial charge in [0.2, 0.25) is 11.7 Å². The smallest absolute Gasteiger partial charge is 0.261 e. The molecule has 0 aliphatic rings. The Kier molecular flexibility index (Phi) is 4.61. The molecule has 1 unspecified atom stereocenters. The van der Waals surface area contributed by atoms with Gasteiger partial charge in [0.1, 0.15) is 6.04 Å². The molecule has 1 N–H and O–H groups in total. The maximum Gasteiger partial charge on any atom is 0.261 e. The van der Waals surface area contributed by atoms with E-state index in [1.807, 2.05) is 61.6 Å². The van der Waals surface area contributed by atoms with Crippen molar-refractivity contribution in [2.45, 2.75) is 13.0 Å². The largest absolute Gasteiger partial charge is 0.378 e. The molecule has 2 aromatic heterocycles. The van der Waals surface area contributed by atoms with Crippen molar-refractivity contribution in [1.82, 2.24) is 15.5 Å². The molecule has 0 aliphatic heterocycles. The van der Waals surface area contributed by atoms with Crippen LogP contribution in [0.1, 0.15) is 28.5 Å². The van der Waals surface area contributed by atoms with Crippen molar-refractivity contribution in [3.63, 3.8) is 0 Å². The number of anilines is 1. The van der Waals surface area contributed by atoms with Crippen molar-refractivity contribution in [1.29, 1.82) is 0 Å². The van der Waals surface area contributed by atoms with Crippen LogP contribution in [-0.4, -0.2) is 30.1 Å². The molecule has 3 rings (SSSR count). The summed E-state index contributed by atoms with van der Waals surface area (Å²) in [6.45, 7) is 1.82. The number of rotatable bonds is 5. The second-order valence-electron chi connectivity index (χ2n) is 5.57. The second kappa shape index (κ2) is 6.84.